The van der Waals surface area contributed by atoms with Gasteiger partial charge in [0.15, 0.2) is 0 Å². The maximum Gasteiger partial charge on any atom is 0.408 e. The average Bonchev–Trinajstić information content (AvgIpc) is 3.07. The topological polar surface area (TPSA) is 41.6 Å². The van der Waals surface area contributed by atoms with Gasteiger partial charge in [-0.05, 0) is 24.8 Å². The molecule has 1 fully saturated rings. The fourth-order valence-electron chi connectivity index (χ4n) is 2.45. The Bertz CT molecular complexity index is 513. The molecule has 0 spiro atoms. The summed E-state index contributed by atoms with van der Waals surface area (Å²) in [6.07, 6.45) is 4.23. The standard InChI is InChI=1S/C17H22N2O2S/c1-2-8-15(16(22)19-11-6-7-12-19)18-17(20)21-13-14-9-4-3-5-10-14/h2-5,9-10,15H,1,6-8,11-13H2,(H,18,20)/t15-/m1/s1. The zero-order chi connectivity index (χ0) is 15.8. The highest BCUT2D eigenvalue weighted by atomic mass is 32.1. The van der Waals surface area contributed by atoms with Crippen LogP contribution < -0.4 is 5.32 Å². The SMILES string of the molecule is C=CC[C@@H](NC(=O)OCc1ccccc1)C(=S)N1CCCC1. The second-order valence-corrected chi connectivity index (χ2v) is 5.73. The van der Waals surface area contributed by atoms with Crippen molar-refractivity contribution < 1.29 is 9.53 Å². The van der Waals surface area contributed by atoms with Crippen molar-refractivity contribution in [2.24, 2.45) is 0 Å². The third kappa shape index (κ3) is 4.84. The Labute approximate surface area is 137 Å². The Balaban J connectivity index is 1.85. The van der Waals surface area contributed by atoms with Crippen LogP contribution in [0.5, 0.6) is 0 Å². The largest absolute Gasteiger partial charge is 0.445 e. The number of amides is 1. The van der Waals surface area contributed by atoms with E-state index in [4.69, 9.17) is 17.0 Å². The molecule has 1 atom stereocenters. The van der Waals surface area contributed by atoms with Crippen molar-refractivity contribution in [1.82, 2.24) is 10.2 Å². The minimum Gasteiger partial charge on any atom is -0.445 e. The van der Waals surface area contributed by atoms with Crippen LogP contribution in [-0.2, 0) is 11.3 Å². The summed E-state index contributed by atoms with van der Waals surface area (Å²) in [7, 11) is 0. The number of hydrogen-bond donors (Lipinski definition) is 1. The normalized spacial score (nSPS) is 15.2. The average molecular weight is 318 g/mol. The van der Waals surface area contributed by atoms with Crippen molar-refractivity contribution in [2.75, 3.05) is 13.1 Å². The summed E-state index contributed by atoms with van der Waals surface area (Å²) >= 11 is 5.50. The molecule has 4 nitrogen and oxygen atoms in total. The van der Waals surface area contributed by atoms with E-state index in [1.165, 1.54) is 0 Å². The van der Waals surface area contributed by atoms with Crippen molar-refractivity contribution in [2.45, 2.75) is 31.9 Å². The predicted molar refractivity (Wildman–Crippen MR) is 91.8 cm³/mol. The molecule has 118 valence electrons. The number of carbonyl (C=O) groups excluding carboxylic acids is 1. The maximum atomic E-state index is 12.0. The number of ether oxygens (including phenoxy) is 1. The minimum atomic E-state index is -0.447. The van der Waals surface area contributed by atoms with E-state index in [2.05, 4.69) is 16.8 Å². The second kappa shape index (κ2) is 8.54. The highest BCUT2D eigenvalue weighted by Gasteiger charge is 2.23. The predicted octanol–water partition coefficient (Wildman–Crippen LogP) is 3.28. The van der Waals surface area contributed by atoms with Crippen LogP contribution in [0.15, 0.2) is 43.0 Å². The van der Waals surface area contributed by atoms with Crippen molar-refractivity contribution in [3.05, 3.63) is 48.6 Å². The van der Waals surface area contributed by atoms with Gasteiger partial charge in [0.2, 0.25) is 0 Å². The van der Waals surface area contributed by atoms with Gasteiger partial charge in [0, 0.05) is 13.1 Å². The zero-order valence-corrected chi connectivity index (χ0v) is 13.5. The molecule has 1 aromatic carbocycles. The third-order valence-electron chi connectivity index (χ3n) is 3.62. The van der Waals surface area contributed by atoms with Crippen LogP contribution in [0.1, 0.15) is 24.8 Å². The molecule has 1 heterocycles. The molecule has 0 radical (unpaired) electrons. The molecule has 2 rings (SSSR count). The van der Waals surface area contributed by atoms with E-state index in [1.54, 1.807) is 6.08 Å². The molecule has 1 N–H and O–H groups in total. The highest BCUT2D eigenvalue weighted by molar-refractivity contribution is 7.80. The van der Waals surface area contributed by atoms with Crippen LogP contribution in [0, 0.1) is 0 Å². The third-order valence-corrected chi connectivity index (χ3v) is 4.17. The van der Waals surface area contributed by atoms with Gasteiger partial charge in [0.05, 0.1) is 6.04 Å². The number of likely N-dealkylation sites (tertiary alicyclic amines) is 1. The molecule has 0 aromatic heterocycles. The zero-order valence-electron chi connectivity index (χ0n) is 12.7. The number of nitrogens with zero attached hydrogens (tertiary/aromatic N) is 1. The van der Waals surface area contributed by atoms with Gasteiger partial charge in [-0.3, -0.25) is 0 Å². The molecule has 5 heteroatoms. The van der Waals surface area contributed by atoms with Crippen LogP contribution in [0.2, 0.25) is 0 Å². The van der Waals surface area contributed by atoms with Gasteiger partial charge >= 0.3 is 6.09 Å². The van der Waals surface area contributed by atoms with Gasteiger partial charge in [-0.15, -0.1) is 6.58 Å². The van der Waals surface area contributed by atoms with E-state index in [-0.39, 0.29) is 12.6 Å². The molecule has 1 aromatic rings. The van der Waals surface area contributed by atoms with Crippen molar-refractivity contribution >= 4 is 23.3 Å². The summed E-state index contributed by atoms with van der Waals surface area (Å²) in [5.41, 5.74) is 0.958. The fourth-order valence-corrected chi connectivity index (χ4v) is 2.79. The van der Waals surface area contributed by atoms with Crippen molar-refractivity contribution in [3.8, 4) is 0 Å². The number of hydrogen-bond acceptors (Lipinski definition) is 3. The van der Waals surface area contributed by atoms with Gasteiger partial charge in [0.25, 0.3) is 0 Å². The van der Waals surface area contributed by atoms with Crippen LogP contribution >= 0.6 is 12.2 Å². The Morgan fingerprint density at radius 3 is 2.68 bits per heavy atom. The van der Waals surface area contributed by atoms with E-state index in [1.807, 2.05) is 30.3 Å². The first-order chi connectivity index (χ1) is 10.7. The number of nitrogens with one attached hydrogen (secondary N) is 1. The van der Waals surface area contributed by atoms with E-state index >= 15 is 0 Å². The van der Waals surface area contributed by atoms with E-state index in [0.717, 1.165) is 36.5 Å². The minimum absolute atomic E-state index is 0.228. The Morgan fingerprint density at radius 1 is 1.36 bits per heavy atom. The van der Waals surface area contributed by atoms with Gasteiger partial charge < -0.3 is 15.0 Å². The molecule has 1 amide bonds. The lowest BCUT2D eigenvalue weighted by Crippen LogP contribution is -2.46. The summed E-state index contributed by atoms with van der Waals surface area (Å²) in [5, 5.41) is 2.85. The maximum absolute atomic E-state index is 12.0. The summed E-state index contributed by atoms with van der Waals surface area (Å²) in [5.74, 6) is 0. The number of thiocarbonyl (C=S) groups is 1. The van der Waals surface area contributed by atoms with E-state index in [0.29, 0.717) is 6.42 Å². The quantitative estimate of drug-likeness (QED) is 0.645. The lowest BCUT2D eigenvalue weighted by atomic mass is 10.2. The van der Waals surface area contributed by atoms with Crippen molar-refractivity contribution in [1.29, 1.82) is 0 Å². The summed E-state index contributed by atoms with van der Waals surface area (Å²) in [6, 6.07) is 9.37. The first-order valence-electron chi connectivity index (χ1n) is 7.57. The first-order valence-corrected chi connectivity index (χ1v) is 7.98. The molecular formula is C17H22N2O2S. The van der Waals surface area contributed by atoms with Crippen LogP contribution in [0.25, 0.3) is 0 Å². The first kappa shape index (κ1) is 16.5. The highest BCUT2D eigenvalue weighted by Crippen LogP contribution is 2.12. The van der Waals surface area contributed by atoms with Gasteiger partial charge in [0.1, 0.15) is 11.6 Å². The Morgan fingerprint density at radius 2 is 2.05 bits per heavy atom. The van der Waals surface area contributed by atoms with Gasteiger partial charge in [-0.2, -0.15) is 0 Å². The van der Waals surface area contributed by atoms with E-state index < -0.39 is 6.09 Å². The Hall–Kier alpha value is -1.88. The van der Waals surface area contributed by atoms with Crippen LogP contribution in [-0.4, -0.2) is 35.1 Å². The summed E-state index contributed by atoms with van der Waals surface area (Å²) in [4.78, 5) is 14.9. The molecule has 0 bridgehead atoms. The van der Waals surface area contributed by atoms with Crippen LogP contribution in [0.3, 0.4) is 0 Å². The number of benzene rings is 1. The molecule has 0 aliphatic carbocycles. The lowest BCUT2D eigenvalue weighted by molar-refractivity contribution is 0.138. The monoisotopic (exact) mass is 318 g/mol. The van der Waals surface area contributed by atoms with Gasteiger partial charge in [-0.25, -0.2) is 4.79 Å². The molecule has 1 aliphatic heterocycles. The molecule has 22 heavy (non-hydrogen) atoms. The fraction of sp³-hybridized carbons (Fsp3) is 0.412. The molecule has 0 unspecified atom stereocenters. The summed E-state index contributed by atoms with van der Waals surface area (Å²) < 4.78 is 5.26. The molecular weight excluding hydrogens is 296 g/mol. The summed E-state index contributed by atoms with van der Waals surface area (Å²) in [6.45, 7) is 5.93. The van der Waals surface area contributed by atoms with Crippen LogP contribution in [0.4, 0.5) is 4.79 Å². The lowest BCUT2D eigenvalue weighted by Gasteiger charge is -2.26. The number of alkyl carbamates (subject to hydrolysis) is 1. The smallest absolute Gasteiger partial charge is 0.408 e. The van der Waals surface area contributed by atoms with E-state index in [9.17, 15) is 4.79 Å². The second-order valence-electron chi connectivity index (χ2n) is 5.32. The van der Waals surface area contributed by atoms with Crippen molar-refractivity contribution in [3.63, 3.8) is 0 Å². The number of carbonyl (C=O) groups is 1. The molecule has 1 saturated heterocycles. The molecule has 1 aliphatic rings. The molecule has 0 saturated carbocycles. The Kier molecular flexibility index (Phi) is 6.40. The van der Waals surface area contributed by atoms with Gasteiger partial charge in [-0.1, -0.05) is 48.6 Å². The number of rotatable bonds is 6.